The molecule has 3 heterocycles. The van der Waals surface area contributed by atoms with E-state index in [1.165, 1.54) is 43.6 Å². The molecule has 2 nitrogen and oxygen atoms in total. The van der Waals surface area contributed by atoms with Gasteiger partial charge in [0.1, 0.15) is 0 Å². The number of nitrogens with one attached hydrogen (secondary N) is 1. The van der Waals surface area contributed by atoms with Crippen LogP contribution >= 0.6 is 15.9 Å². The van der Waals surface area contributed by atoms with E-state index in [1.807, 2.05) is 0 Å². The van der Waals surface area contributed by atoms with Gasteiger partial charge in [-0.05, 0) is 61.5 Å². The van der Waals surface area contributed by atoms with Crippen molar-refractivity contribution >= 4 is 15.9 Å². The van der Waals surface area contributed by atoms with Crippen molar-refractivity contribution in [1.82, 2.24) is 10.2 Å². The molecule has 0 aliphatic carbocycles. The summed E-state index contributed by atoms with van der Waals surface area (Å²) in [6.45, 7) is 3.81. The van der Waals surface area contributed by atoms with Gasteiger partial charge in [0, 0.05) is 23.1 Å². The topological polar surface area (TPSA) is 15.3 Å². The Bertz CT molecular complexity index is 647. The highest BCUT2D eigenvalue weighted by molar-refractivity contribution is 9.10. The predicted octanol–water partition coefficient (Wildman–Crippen LogP) is 4.42. The number of piperidine rings is 3. The van der Waals surface area contributed by atoms with Crippen LogP contribution in [0.3, 0.4) is 0 Å². The van der Waals surface area contributed by atoms with Crippen molar-refractivity contribution in [3.05, 3.63) is 70.2 Å². The average molecular weight is 385 g/mol. The molecule has 2 atom stereocenters. The van der Waals surface area contributed by atoms with Crippen LogP contribution in [0.25, 0.3) is 0 Å². The molecule has 2 unspecified atom stereocenters. The molecule has 3 aliphatic rings. The Labute approximate surface area is 153 Å². The van der Waals surface area contributed by atoms with Crippen molar-refractivity contribution in [1.29, 1.82) is 0 Å². The summed E-state index contributed by atoms with van der Waals surface area (Å²) in [4.78, 5) is 2.62. The maximum absolute atomic E-state index is 4.01. The molecule has 3 saturated heterocycles. The van der Waals surface area contributed by atoms with Gasteiger partial charge in [-0.15, -0.1) is 0 Å². The number of fused-ring (bicyclic) bond motifs is 3. The third-order valence-electron chi connectivity index (χ3n) is 5.63. The fraction of sp³-hybridized carbons (Fsp3) is 0.429. The molecular weight excluding hydrogens is 360 g/mol. The van der Waals surface area contributed by atoms with Gasteiger partial charge in [-0.2, -0.15) is 0 Å². The maximum Gasteiger partial charge on any atom is 0.0363 e. The van der Waals surface area contributed by atoms with Crippen molar-refractivity contribution in [3.8, 4) is 0 Å². The Hall–Kier alpha value is -1.16. The van der Waals surface area contributed by atoms with Crippen molar-refractivity contribution in [2.45, 2.75) is 31.3 Å². The van der Waals surface area contributed by atoms with Gasteiger partial charge in [0.2, 0.25) is 0 Å². The van der Waals surface area contributed by atoms with E-state index >= 15 is 0 Å². The summed E-state index contributed by atoms with van der Waals surface area (Å²) in [7, 11) is 0. The summed E-state index contributed by atoms with van der Waals surface area (Å²) in [5.41, 5.74) is 2.79. The van der Waals surface area contributed by atoms with Crippen LogP contribution in [0.4, 0.5) is 0 Å². The molecule has 5 rings (SSSR count). The molecule has 2 bridgehead atoms. The molecule has 2 aromatic rings. The van der Waals surface area contributed by atoms with Crippen LogP contribution in [0, 0.1) is 5.92 Å². The fourth-order valence-corrected chi connectivity index (χ4v) is 4.49. The molecule has 1 N–H and O–H groups in total. The third-order valence-corrected chi connectivity index (χ3v) is 6.16. The van der Waals surface area contributed by atoms with Gasteiger partial charge >= 0.3 is 0 Å². The van der Waals surface area contributed by atoms with Gasteiger partial charge < -0.3 is 10.2 Å². The van der Waals surface area contributed by atoms with Crippen LogP contribution in [-0.4, -0.2) is 30.6 Å². The van der Waals surface area contributed by atoms with Crippen LogP contribution < -0.4 is 5.32 Å². The molecule has 3 fully saturated rings. The summed E-state index contributed by atoms with van der Waals surface area (Å²) >= 11 is 3.56. The maximum atomic E-state index is 4.01. The molecule has 0 aromatic heterocycles. The van der Waals surface area contributed by atoms with Crippen molar-refractivity contribution in [2.24, 2.45) is 5.92 Å². The third kappa shape index (κ3) is 3.74. The highest BCUT2D eigenvalue weighted by atomic mass is 79.9. The first-order chi connectivity index (χ1) is 11.8. The lowest BCUT2D eigenvalue weighted by Gasteiger charge is -2.46. The first kappa shape index (κ1) is 16.3. The molecule has 2 aromatic carbocycles. The zero-order valence-corrected chi connectivity index (χ0v) is 15.6. The van der Waals surface area contributed by atoms with E-state index in [4.69, 9.17) is 0 Å². The number of halogens is 1. The summed E-state index contributed by atoms with van der Waals surface area (Å²) in [5.74, 6) is 0.851. The lowest BCUT2D eigenvalue weighted by atomic mass is 9.83. The second-order valence-corrected chi connectivity index (χ2v) is 8.12. The van der Waals surface area contributed by atoms with E-state index in [2.05, 4.69) is 80.7 Å². The number of benzene rings is 2. The number of rotatable bonds is 5. The van der Waals surface area contributed by atoms with Gasteiger partial charge in [-0.1, -0.05) is 58.4 Å². The second kappa shape index (κ2) is 7.38. The first-order valence-electron chi connectivity index (χ1n) is 9.06. The van der Waals surface area contributed by atoms with E-state index in [1.54, 1.807) is 0 Å². The molecule has 3 aliphatic heterocycles. The minimum Gasteiger partial charge on any atom is -0.305 e. The highest BCUT2D eigenvalue weighted by Crippen LogP contribution is 2.30. The van der Waals surface area contributed by atoms with Gasteiger partial charge in [-0.3, -0.25) is 0 Å². The number of hydrogen-bond acceptors (Lipinski definition) is 2. The Kier molecular flexibility index (Phi) is 5.02. The van der Waals surface area contributed by atoms with Crippen molar-refractivity contribution in [2.75, 3.05) is 19.6 Å². The monoisotopic (exact) mass is 384 g/mol. The van der Waals surface area contributed by atoms with Crippen LogP contribution in [0.15, 0.2) is 59.1 Å². The van der Waals surface area contributed by atoms with Crippen LogP contribution in [0.2, 0.25) is 0 Å². The van der Waals surface area contributed by atoms with E-state index in [-0.39, 0.29) is 0 Å². The van der Waals surface area contributed by atoms with E-state index < -0.39 is 0 Å². The smallest absolute Gasteiger partial charge is 0.0363 e. The van der Waals surface area contributed by atoms with Crippen LogP contribution in [-0.2, 0) is 6.42 Å². The van der Waals surface area contributed by atoms with Crippen molar-refractivity contribution < 1.29 is 0 Å². The molecule has 24 heavy (non-hydrogen) atoms. The summed E-state index contributed by atoms with van der Waals surface area (Å²) in [5, 5.41) is 4.01. The van der Waals surface area contributed by atoms with E-state index in [9.17, 15) is 0 Å². The first-order valence-corrected chi connectivity index (χ1v) is 9.85. The standard InChI is InChI=1S/C21H25BrN2/c22-19-8-6-17(7-9-19)20(14-16-4-2-1-3-5-16)23-21-15-24-12-10-18(21)11-13-24/h1-9,18,20-21,23H,10-15H2. The second-order valence-electron chi connectivity index (χ2n) is 7.21. The quantitative estimate of drug-likeness (QED) is 0.820. The Balaban J connectivity index is 1.54. The summed E-state index contributed by atoms with van der Waals surface area (Å²) in [6.07, 6.45) is 3.76. The zero-order chi connectivity index (χ0) is 16.4. The zero-order valence-electron chi connectivity index (χ0n) is 14.0. The molecule has 0 spiro atoms. The molecule has 0 amide bonds. The highest BCUT2D eigenvalue weighted by Gasteiger charge is 2.35. The fourth-order valence-electron chi connectivity index (χ4n) is 4.23. The lowest BCUT2D eigenvalue weighted by molar-refractivity contribution is 0.0669. The van der Waals surface area contributed by atoms with Gasteiger partial charge in [-0.25, -0.2) is 0 Å². The Morgan fingerprint density at radius 1 is 1.00 bits per heavy atom. The molecule has 126 valence electrons. The minimum absolute atomic E-state index is 0.381. The molecule has 0 radical (unpaired) electrons. The normalized spacial score (nSPS) is 27.1. The molecular formula is C21H25BrN2. The minimum atomic E-state index is 0.381. The summed E-state index contributed by atoms with van der Waals surface area (Å²) in [6, 6.07) is 20.7. The lowest BCUT2D eigenvalue weighted by Crippen LogP contribution is -2.56. The number of nitrogens with zero attached hydrogens (tertiary/aromatic N) is 1. The Morgan fingerprint density at radius 2 is 1.71 bits per heavy atom. The van der Waals surface area contributed by atoms with Crippen LogP contribution in [0.1, 0.15) is 30.0 Å². The van der Waals surface area contributed by atoms with E-state index in [0.29, 0.717) is 12.1 Å². The largest absolute Gasteiger partial charge is 0.305 e. The SMILES string of the molecule is Brc1ccc(C(Cc2ccccc2)NC2CN3CCC2CC3)cc1. The van der Waals surface area contributed by atoms with Crippen molar-refractivity contribution in [3.63, 3.8) is 0 Å². The molecule has 3 heteroatoms. The Morgan fingerprint density at radius 3 is 2.33 bits per heavy atom. The predicted molar refractivity (Wildman–Crippen MR) is 103 cm³/mol. The number of hydrogen-bond donors (Lipinski definition) is 1. The van der Waals surface area contributed by atoms with Crippen LogP contribution in [0.5, 0.6) is 0 Å². The van der Waals surface area contributed by atoms with Gasteiger partial charge in [0.05, 0.1) is 0 Å². The summed E-state index contributed by atoms with van der Waals surface area (Å²) < 4.78 is 1.15. The van der Waals surface area contributed by atoms with Gasteiger partial charge in [0.15, 0.2) is 0 Å². The average Bonchev–Trinajstić information content (AvgIpc) is 2.64. The van der Waals surface area contributed by atoms with E-state index in [0.717, 1.165) is 16.8 Å². The molecule has 0 saturated carbocycles. The van der Waals surface area contributed by atoms with Gasteiger partial charge in [0.25, 0.3) is 0 Å².